The molecule has 3 aromatic rings. The van der Waals surface area contributed by atoms with Gasteiger partial charge in [0.25, 0.3) is 5.91 Å². The second-order valence-corrected chi connectivity index (χ2v) is 6.66. The number of aromatic amines is 1. The summed E-state index contributed by atoms with van der Waals surface area (Å²) in [5.74, 6) is 0.000902. The molecule has 22 heavy (non-hydrogen) atoms. The lowest BCUT2D eigenvalue weighted by Crippen LogP contribution is -2.22. The molecule has 1 amide bonds. The molecular weight excluding hydrogens is 316 g/mol. The molecule has 0 saturated carbocycles. The van der Waals surface area contributed by atoms with E-state index in [4.69, 9.17) is 11.6 Å². The third-order valence-corrected chi connectivity index (χ3v) is 4.72. The number of carbonyl (C=O) groups is 1. The largest absolute Gasteiger partial charge is 0.360 e. The zero-order valence-electron chi connectivity index (χ0n) is 12.3. The van der Waals surface area contributed by atoms with Gasteiger partial charge in [-0.25, -0.2) is 0 Å². The van der Waals surface area contributed by atoms with Gasteiger partial charge in [-0.2, -0.15) is 0 Å². The van der Waals surface area contributed by atoms with Crippen LogP contribution < -0.4 is 0 Å². The minimum absolute atomic E-state index is 0.000902. The van der Waals surface area contributed by atoms with Crippen molar-refractivity contribution in [2.24, 2.45) is 0 Å². The molecule has 3 rings (SSSR count). The Labute approximate surface area is 138 Å². The zero-order chi connectivity index (χ0) is 15.7. The summed E-state index contributed by atoms with van der Waals surface area (Å²) in [6.45, 7) is 0. The SMILES string of the molecule is CN(C)C(=O)c1ccccc1Sc1c[nH]c2ccc(Cl)cc12. The molecule has 0 unspecified atom stereocenters. The molecule has 0 fully saturated rings. The van der Waals surface area contributed by atoms with Crippen LogP contribution in [-0.2, 0) is 0 Å². The fourth-order valence-electron chi connectivity index (χ4n) is 2.24. The fraction of sp³-hybridized carbons (Fsp3) is 0.118. The smallest absolute Gasteiger partial charge is 0.254 e. The molecule has 0 saturated heterocycles. The average molecular weight is 331 g/mol. The van der Waals surface area contributed by atoms with Gasteiger partial charge in [0.15, 0.2) is 0 Å². The summed E-state index contributed by atoms with van der Waals surface area (Å²) in [6, 6.07) is 13.4. The Morgan fingerprint density at radius 3 is 2.68 bits per heavy atom. The van der Waals surface area contributed by atoms with Gasteiger partial charge in [-0.05, 0) is 30.3 Å². The van der Waals surface area contributed by atoms with Crippen LogP contribution in [0.1, 0.15) is 10.4 Å². The van der Waals surface area contributed by atoms with Gasteiger partial charge >= 0.3 is 0 Å². The monoisotopic (exact) mass is 330 g/mol. The molecule has 0 aliphatic rings. The van der Waals surface area contributed by atoms with Crippen LogP contribution in [0, 0.1) is 0 Å². The molecule has 0 aliphatic heterocycles. The number of nitrogens with one attached hydrogen (secondary N) is 1. The van der Waals surface area contributed by atoms with Crippen LogP contribution >= 0.6 is 23.4 Å². The van der Waals surface area contributed by atoms with E-state index in [1.165, 1.54) is 0 Å². The number of nitrogens with zero attached hydrogens (tertiary/aromatic N) is 1. The molecule has 0 aliphatic carbocycles. The minimum Gasteiger partial charge on any atom is -0.360 e. The quantitative estimate of drug-likeness (QED) is 0.757. The lowest BCUT2D eigenvalue weighted by atomic mass is 10.2. The van der Waals surface area contributed by atoms with Crippen molar-refractivity contribution in [3.8, 4) is 0 Å². The molecule has 1 aromatic heterocycles. The Morgan fingerprint density at radius 1 is 1.14 bits per heavy atom. The summed E-state index contributed by atoms with van der Waals surface area (Å²) in [4.78, 5) is 19.1. The fourth-order valence-corrected chi connectivity index (χ4v) is 3.46. The van der Waals surface area contributed by atoms with E-state index >= 15 is 0 Å². The summed E-state index contributed by atoms with van der Waals surface area (Å²) in [5.41, 5.74) is 1.73. The van der Waals surface area contributed by atoms with E-state index in [0.717, 1.165) is 20.7 Å². The van der Waals surface area contributed by atoms with Crippen LogP contribution in [0.5, 0.6) is 0 Å². The van der Waals surface area contributed by atoms with Crippen LogP contribution in [0.25, 0.3) is 10.9 Å². The summed E-state index contributed by atoms with van der Waals surface area (Å²) >= 11 is 7.66. The highest BCUT2D eigenvalue weighted by Gasteiger charge is 2.15. The van der Waals surface area contributed by atoms with Crippen LogP contribution in [-0.4, -0.2) is 29.9 Å². The maximum Gasteiger partial charge on any atom is 0.254 e. The number of hydrogen-bond donors (Lipinski definition) is 1. The normalized spacial score (nSPS) is 10.9. The van der Waals surface area contributed by atoms with E-state index in [-0.39, 0.29) is 5.91 Å². The number of halogens is 1. The van der Waals surface area contributed by atoms with Gasteiger partial charge in [-0.15, -0.1) is 0 Å². The van der Waals surface area contributed by atoms with Crippen molar-refractivity contribution in [2.45, 2.75) is 9.79 Å². The molecule has 0 spiro atoms. The number of fused-ring (bicyclic) bond motifs is 1. The minimum atomic E-state index is 0.000902. The van der Waals surface area contributed by atoms with Gasteiger partial charge in [-0.3, -0.25) is 4.79 Å². The van der Waals surface area contributed by atoms with Crippen molar-refractivity contribution < 1.29 is 4.79 Å². The van der Waals surface area contributed by atoms with E-state index < -0.39 is 0 Å². The molecule has 112 valence electrons. The molecule has 5 heteroatoms. The highest BCUT2D eigenvalue weighted by atomic mass is 35.5. The van der Waals surface area contributed by atoms with Crippen molar-refractivity contribution in [3.63, 3.8) is 0 Å². The standard InChI is InChI=1S/C17H15ClN2OS/c1-20(2)17(21)12-5-3-4-6-15(12)22-16-10-19-14-8-7-11(18)9-13(14)16/h3-10,19H,1-2H3. The van der Waals surface area contributed by atoms with Gasteiger partial charge in [0, 0.05) is 46.0 Å². The molecule has 2 aromatic carbocycles. The van der Waals surface area contributed by atoms with E-state index in [1.54, 1.807) is 30.8 Å². The Bertz CT molecular complexity index is 842. The molecule has 0 bridgehead atoms. The first-order valence-electron chi connectivity index (χ1n) is 6.81. The van der Waals surface area contributed by atoms with Crippen LogP contribution in [0.2, 0.25) is 5.02 Å². The van der Waals surface area contributed by atoms with Crippen LogP contribution in [0.4, 0.5) is 0 Å². The van der Waals surface area contributed by atoms with Crippen molar-refractivity contribution in [1.29, 1.82) is 0 Å². The molecule has 0 radical (unpaired) electrons. The lowest BCUT2D eigenvalue weighted by molar-refractivity contribution is 0.0824. The number of benzene rings is 2. The summed E-state index contributed by atoms with van der Waals surface area (Å²) in [7, 11) is 3.52. The highest BCUT2D eigenvalue weighted by molar-refractivity contribution is 7.99. The first-order chi connectivity index (χ1) is 10.6. The molecule has 3 nitrogen and oxygen atoms in total. The Morgan fingerprint density at radius 2 is 1.91 bits per heavy atom. The number of carbonyl (C=O) groups excluding carboxylic acids is 1. The predicted octanol–water partition coefficient (Wildman–Crippen LogP) is 4.67. The van der Waals surface area contributed by atoms with Crippen molar-refractivity contribution in [2.75, 3.05) is 14.1 Å². The Hall–Kier alpha value is -1.91. The summed E-state index contributed by atoms with van der Waals surface area (Å²) in [5, 5.41) is 1.76. The molecular formula is C17H15ClN2OS. The van der Waals surface area contributed by atoms with Crippen molar-refractivity contribution in [1.82, 2.24) is 9.88 Å². The van der Waals surface area contributed by atoms with E-state index in [1.807, 2.05) is 48.7 Å². The summed E-state index contributed by atoms with van der Waals surface area (Å²) in [6.07, 6.45) is 1.95. The first kappa shape index (κ1) is 15.0. The van der Waals surface area contributed by atoms with E-state index in [2.05, 4.69) is 4.98 Å². The van der Waals surface area contributed by atoms with E-state index in [0.29, 0.717) is 10.6 Å². The number of aromatic nitrogens is 1. The highest BCUT2D eigenvalue weighted by Crippen LogP contribution is 2.36. The lowest BCUT2D eigenvalue weighted by Gasteiger charge is -2.13. The van der Waals surface area contributed by atoms with E-state index in [9.17, 15) is 4.79 Å². The zero-order valence-corrected chi connectivity index (χ0v) is 13.8. The maximum atomic E-state index is 12.3. The molecule has 1 heterocycles. The Balaban J connectivity index is 2.02. The topological polar surface area (TPSA) is 36.1 Å². The van der Waals surface area contributed by atoms with Gasteiger partial charge in [0.2, 0.25) is 0 Å². The first-order valence-corrected chi connectivity index (χ1v) is 8.01. The molecule has 0 atom stereocenters. The number of hydrogen-bond acceptors (Lipinski definition) is 2. The summed E-state index contributed by atoms with van der Waals surface area (Å²) < 4.78 is 0. The number of rotatable bonds is 3. The van der Waals surface area contributed by atoms with Crippen LogP contribution in [0.15, 0.2) is 58.5 Å². The number of amides is 1. The average Bonchev–Trinajstić information content (AvgIpc) is 2.89. The van der Waals surface area contributed by atoms with Crippen molar-refractivity contribution in [3.05, 3.63) is 59.2 Å². The van der Waals surface area contributed by atoms with Gasteiger partial charge < -0.3 is 9.88 Å². The van der Waals surface area contributed by atoms with Gasteiger partial charge in [0.05, 0.1) is 5.56 Å². The Kier molecular flexibility index (Phi) is 4.14. The second kappa shape index (κ2) is 6.07. The predicted molar refractivity (Wildman–Crippen MR) is 91.9 cm³/mol. The van der Waals surface area contributed by atoms with Gasteiger partial charge in [0.1, 0.15) is 0 Å². The van der Waals surface area contributed by atoms with Gasteiger partial charge in [-0.1, -0.05) is 35.5 Å². The van der Waals surface area contributed by atoms with Crippen molar-refractivity contribution >= 4 is 40.2 Å². The third-order valence-electron chi connectivity index (χ3n) is 3.35. The molecule has 1 N–H and O–H groups in total. The van der Waals surface area contributed by atoms with Crippen LogP contribution in [0.3, 0.4) is 0 Å². The maximum absolute atomic E-state index is 12.3. The second-order valence-electron chi connectivity index (χ2n) is 5.14. The number of H-pyrrole nitrogens is 1. The third kappa shape index (κ3) is 2.85.